The molecular weight excluding hydrogens is 789 g/mol. The van der Waals surface area contributed by atoms with Crippen LogP contribution in [-0.2, 0) is 0 Å². The number of imide groups is 4. The molecule has 0 radical (unpaired) electrons. The third-order valence-electron chi connectivity index (χ3n) is 10.6. The number of amides is 8. The van der Waals surface area contributed by atoms with Gasteiger partial charge < -0.3 is 0 Å². The maximum atomic E-state index is 13.9. The van der Waals surface area contributed by atoms with Crippen molar-refractivity contribution in [3.05, 3.63) is 211 Å². The first-order valence-corrected chi connectivity index (χ1v) is 18.8. The zero-order chi connectivity index (χ0) is 43.0. The lowest BCUT2D eigenvalue weighted by atomic mass is 9.96. The Morgan fingerprint density at radius 3 is 0.903 bits per heavy atom. The Hall–Kier alpha value is -9.33. The van der Waals surface area contributed by atoms with Crippen molar-refractivity contribution in [1.82, 2.24) is 20.0 Å². The number of hydrazine groups is 2. The topological polar surface area (TPSA) is 167 Å². The van der Waals surface area contributed by atoms with E-state index in [-0.39, 0.29) is 55.6 Å². The van der Waals surface area contributed by atoms with Gasteiger partial charge in [0.2, 0.25) is 0 Å². The van der Waals surface area contributed by atoms with E-state index in [9.17, 15) is 43.2 Å². The van der Waals surface area contributed by atoms with Crippen molar-refractivity contribution in [2.75, 3.05) is 0 Å². The Morgan fingerprint density at radius 2 is 0.565 bits per heavy atom. The van der Waals surface area contributed by atoms with E-state index >= 15 is 0 Å². The maximum Gasteiger partial charge on any atom is 0.281 e. The van der Waals surface area contributed by atoms with Gasteiger partial charge in [-0.05, 0) is 84.9 Å². The number of hydrogen-bond acceptors (Lipinski definition) is 9. The quantitative estimate of drug-likeness (QED) is 0.130. The number of benzene rings is 6. The molecule has 0 saturated carbocycles. The van der Waals surface area contributed by atoms with Gasteiger partial charge in [0, 0.05) is 33.4 Å². The summed E-state index contributed by atoms with van der Waals surface area (Å²) in [5.74, 6) is 3.50. The summed E-state index contributed by atoms with van der Waals surface area (Å²) in [6.45, 7) is 0. The van der Waals surface area contributed by atoms with E-state index in [1.54, 1.807) is 12.1 Å². The molecule has 0 fully saturated rings. The molecular formula is C49H22N4O9. The maximum absolute atomic E-state index is 13.9. The molecule has 292 valence electrons. The molecule has 0 bridgehead atoms. The average Bonchev–Trinajstić information content (AvgIpc) is 3.89. The Bertz CT molecular complexity index is 3080. The smallest absolute Gasteiger partial charge is 0.281 e. The Morgan fingerprint density at radius 1 is 0.290 bits per heavy atom. The molecule has 13 nitrogen and oxygen atoms in total. The molecule has 0 spiro atoms. The molecule has 10 rings (SSSR count). The van der Waals surface area contributed by atoms with Crippen LogP contribution in [0.4, 0.5) is 0 Å². The molecule has 0 atom stereocenters. The van der Waals surface area contributed by atoms with Crippen molar-refractivity contribution in [2.45, 2.75) is 0 Å². The lowest BCUT2D eigenvalue weighted by Gasteiger charge is -2.23. The lowest BCUT2D eigenvalue weighted by Crippen LogP contribution is -2.49. The van der Waals surface area contributed by atoms with Gasteiger partial charge >= 0.3 is 0 Å². The fraction of sp³-hybridized carbons (Fsp3) is 0. The molecule has 0 aromatic heterocycles. The van der Waals surface area contributed by atoms with E-state index in [1.807, 2.05) is 60.7 Å². The van der Waals surface area contributed by atoms with Crippen LogP contribution in [0.15, 0.2) is 133 Å². The Kier molecular flexibility index (Phi) is 8.29. The van der Waals surface area contributed by atoms with E-state index < -0.39 is 53.0 Å². The minimum Gasteiger partial charge on any atom is -0.289 e. The molecule has 4 aliphatic heterocycles. The molecule has 6 aromatic carbocycles. The second kappa shape index (κ2) is 13.9. The van der Waals surface area contributed by atoms with Gasteiger partial charge in [-0.3, -0.25) is 43.2 Å². The minimum absolute atomic E-state index is 0.0302. The van der Waals surface area contributed by atoms with E-state index in [1.165, 1.54) is 48.5 Å². The van der Waals surface area contributed by atoms with Crippen LogP contribution in [0.1, 0.15) is 121 Å². The highest BCUT2D eigenvalue weighted by Gasteiger charge is 2.50. The van der Waals surface area contributed by atoms with E-state index in [4.69, 9.17) is 0 Å². The number of carbonyl (C=O) groups is 9. The van der Waals surface area contributed by atoms with Gasteiger partial charge in [0.1, 0.15) is 0 Å². The Balaban J connectivity index is 0.878. The third kappa shape index (κ3) is 5.66. The van der Waals surface area contributed by atoms with Gasteiger partial charge in [0.25, 0.3) is 47.3 Å². The standard InChI is InChI=1S/C49H22N4O9/c54-41(31-17-21-35-39(25-31)48(61)52(44(35)57)50-42(55)33-19-15-29(23-37(33)46(50)59)13-11-27-7-3-1-4-8-27)32-18-22-36-40(26-32)49(62)53(45(36)58)51-43(56)34-20-16-30(24-38(34)47(51)60)14-12-28-9-5-2-6-10-28/h1-10,15-26H. The second-order valence-corrected chi connectivity index (χ2v) is 14.3. The zero-order valence-electron chi connectivity index (χ0n) is 31.7. The number of nitrogens with zero attached hydrogens (tertiary/aromatic N) is 4. The number of rotatable bonds is 4. The number of hydrogen-bond donors (Lipinski definition) is 0. The summed E-state index contributed by atoms with van der Waals surface area (Å²) >= 11 is 0. The summed E-state index contributed by atoms with van der Waals surface area (Å²) in [5.41, 5.74) is 1.10. The number of ketones is 1. The van der Waals surface area contributed by atoms with Gasteiger partial charge in [0.15, 0.2) is 5.78 Å². The van der Waals surface area contributed by atoms with Gasteiger partial charge in [-0.15, -0.1) is 0 Å². The minimum atomic E-state index is -1.03. The van der Waals surface area contributed by atoms with Gasteiger partial charge in [-0.2, -0.15) is 20.0 Å². The summed E-state index contributed by atoms with van der Waals surface area (Å²) in [6, 6.07) is 34.1. The van der Waals surface area contributed by atoms with E-state index in [0.717, 1.165) is 23.3 Å². The molecule has 0 saturated heterocycles. The fourth-order valence-electron chi connectivity index (χ4n) is 7.58. The number of fused-ring (bicyclic) bond motifs is 4. The van der Waals surface area contributed by atoms with Crippen molar-refractivity contribution in [3.63, 3.8) is 0 Å². The molecule has 4 heterocycles. The molecule has 0 aliphatic carbocycles. The molecule has 62 heavy (non-hydrogen) atoms. The molecule has 0 unspecified atom stereocenters. The van der Waals surface area contributed by atoms with Crippen LogP contribution in [0.2, 0.25) is 0 Å². The predicted octanol–water partition coefficient (Wildman–Crippen LogP) is 5.33. The second-order valence-electron chi connectivity index (χ2n) is 14.3. The van der Waals surface area contributed by atoms with Crippen LogP contribution < -0.4 is 0 Å². The first-order chi connectivity index (χ1) is 30.0. The van der Waals surface area contributed by atoms with E-state index in [2.05, 4.69) is 23.7 Å². The summed E-state index contributed by atoms with van der Waals surface area (Å²) in [4.78, 5) is 123. The fourth-order valence-corrected chi connectivity index (χ4v) is 7.58. The van der Waals surface area contributed by atoms with Crippen molar-refractivity contribution in [3.8, 4) is 23.7 Å². The highest BCUT2D eigenvalue weighted by atomic mass is 16.2. The predicted molar refractivity (Wildman–Crippen MR) is 216 cm³/mol. The molecule has 13 heteroatoms. The molecule has 4 aliphatic rings. The summed E-state index contributed by atoms with van der Waals surface area (Å²) in [6.07, 6.45) is 0. The van der Waals surface area contributed by atoms with Crippen LogP contribution in [0.25, 0.3) is 0 Å². The van der Waals surface area contributed by atoms with E-state index in [0.29, 0.717) is 31.2 Å². The summed E-state index contributed by atoms with van der Waals surface area (Å²) < 4.78 is 0. The van der Waals surface area contributed by atoms with Crippen LogP contribution in [0, 0.1) is 23.7 Å². The van der Waals surface area contributed by atoms with Gasteiger partial charge in [-0.1, -0.05) is 72.2 Å². The third-order valence-corrected chi connectivity index (χ3v) is 10.6. The largest absolute Gasteiger partial charge is 0.289 e. The van der Waals surface area contributed by atoms with Gasteiger partial charge in [0.05, 0.1) is 44.5 Å². The number of carbonyl (C=O) groups excluding carboxylic acids is 9. The van der Waals surface area contributed by atoms with Crippen molar-refractivity contribution < 1.29 is 43.2 Å². The first kappa shape index (κ1) is 37.0. The van der Waals surface area contributed by atoms with Crippen molar-refractivity contribution in [1.29, 1.82) is 0 Å². The van der Waals surface area contributed by atoms with Crippen LogP contribution in [0.3, 0.4) is 0 Å². The average molecular weight is 811 g/mol. The van der Waals surface area contributed by atoms with Crippen LogP contribution >= 0.6 is 0 Å². The monoisotopic (exact) mass is 810 g/mol. The van der Waals surface area contributed by atoms with Crippen LogP contribution in [-0.4, -0.2) is 73.1 Å². The van der Waals surface area contributed by atoms with Gasteiger partial charge in [-0.25, -0.2) is 0 Å². The molecule has 8 amide bonds. The SMILES string of the molecule is O=C(c1ccc2c(c1)C(=O)N(N1C(=O)c3ccc(C#Cc4ccccc4)cc3C1=O)C2=O)c1ccc2c(c1)C(=O)N(N1C(=O)c3ccc(C#Cc4ccccc4)cc3C1=O)C2=O. The first-order valence-electron chi connectivity index (χ1n) is 18.8. The molecule has 6 aromatic rings. The summed E-state index contributed by atoms with van der Waals surface area (Å²) in [7, 11) is 0. The van der Waals surface area contributed by atoms with Crippen molar-refractivity contribution >= 4 is 53.0 Å². The normalized spacial score (nSPS) is 14.7. The zero-order valence-corrected chi connectivity index (χ0v) is 31.7. The lowest BCUT2D eigenvalue weighted by molar-refractivity contribution is 0.00845. The highest BCUT2D eigenvalue weighted by molar-refractivity contribution is 6.30. The van der Waals surface area contributed by atoms with Crippen LogP contribution in [0.5, 0.6) is 0 Å². The highest BCUT2D eigenvalue weighted by Crippen LogP contribution is 2.35. The molecule has 0 N–H and O–H groups in total. The Labute approximate surface area is 350 Å². The van der Waals surface area contributed by atoms with Crippen molar-refractivity contribution in [2.24, 2.45) is 0 Å². The summed E-state index contributed by atoms with van der Waals surface area (Å²) in [5, 5.41) is 1.80.